The highest BCUT2D eigenvalue weighted by molar-refractivity contribution is 7.92. The van der Waals surface area contributed by atoms with Crippen LogP contribution < -0.4 is 4.31 Å². The van der Waals surface area contributed by atoms with Crippen LogP contribution in [0.5, 0.6) is 0 Å². The van der Waals surface area contributed by atoms with Crippen molar-refractivity contribution in [1.82, 2.24) is 10.2 Å². The number of hydrogen-bond donors (Lipinski definition) is 1. The molecule has 2 aromatic carbocycles. The lowest BCUT2D eigenvalue weighted by atomic mass is 9.93. The Morgan fingerprint density at radius 3 is 2.38 bits per heavy atom. The third-order valence-electron chi connectivity index (χ3n) is 5.46. The van der Waals surface area contributed by atoms with Crippen molar-refractivity contribution in [3.8, 4) is 11.3 Å². The minimum absolute atomic E-state index is 0.143. The number of fused-ring (bicyclic) bond motifs is 3. The Hall–Kier alpha value is -2.81. The van der Waals surface area contributed by atoms with Crippen molar-refractivity contribution in [2.24, 2.45) is 5.92 Å². The lowest BCUT2D eigenvalue weighted by molar-refractivity contribution is -0.137. The molecule has 3 aromatic rings. The summed E-state index contributed by atoms with van der Waals surface area (Å²) in [5, 5.41) is 7.09. The van der Waals surface area contributed by atoms with E-state index in [-0.39, 0.29) is 10.8 Å². The average Bonchev–Trinajstić information content (AvgIpc) is 3.41. The Kier molecular flexibility index (Phi) is 3.83. The molecule has 0 radical (unpaired) electrons. The molecule has 0 bridgehead atoms. The zero-order valence-corrected chi connectivity index (χ0v) is 15.8. The SMILES string of the molecule is O=S(=O)(c1ccc(C(F)(F)F)cc1)N1c2ccccc2-c2[nH]ncc2[C@H]1C1CC1. The van der Waals surface area contributed by atoms with Crippen molar-refractivity contribution in [2.75, 3.05) is 4.31 Å². The number of sulfonamides is 1. The van der Waals surface area contributed by atoms with Crippen LogP contribution in [0, 0.1) is 5.92 Å². The largest absolute Gasteiger partial charge is 0.416 e. The van der Waals surface area contributed by atoms with Gasteiger partial charge in [0, 0.05) is 11.1 Å². The van der Waals surface area contributed by atoms with Crippen LogP contribution in [0.3, 0.4) is 0 Å². The number of halogens is 3. The number of para-hydroxylation sites is 1. The molecule has 29 heavy (non-hydrogen) atoms. The zero-order valence-electron chi connectivity index (χ0n) is 15.0. The highest BCUT2D eigenvalue weighted by Gasteiger charge is 2.47. The molecule has 2 heterocycles. The normalized spacial score (nSPS) is 19.0. The van der Waals surface area contributed by atoms with Crippen molar-refractivity contribution in [2.45, 2.75) is 30.0 Å². The van der Waals surface area contributed by atoms with Crippen LogP contribution in [-0.4, -0.2) is 18.6 Å². The molecule has 1 fully saturated rings. The van der Waals surface area contributed by atoms with E-state index in [1.807, 2.05) is 12.1 Å². The van der Waals surface area contributed by atoms with Gasteiger partial charge in [0.25, 0.3) is 10.0 Å². The summed E-state index contributed by atoms with van der Waals surface area (Å²) in [7, 11) is -4.09. The lowest BCUT2D eigenvalue weighted by Gasteiger charge is -2.37. The smallest absolute Gasteiger partial charge is 0.277 e. The number of hydrogen-bond acceptors (Lipinski definition) is 3. The molecule has 0 spiro atoms. The van der Waals surface area contributed by atoms with Gasteiger partial charge in [0.2, 0.25) is 0 Å². The molecule has 5 rings (SSSR count). The zero-order chi connectivity index (χ0) is 20.4. The highest BCUT2D eigenvalue weighted by atomic mass is 32.2. The maximum atomic E-state index is 13.6. The monoisotopic (exact) mass is 419 g/mol. The fourth-order valence-electron chi connectivity index (χ4n) is 3.95. The molecule has 2 aliphatic rings. The Bertz CT molecular complexity index is 1180. The van der Waals surface area contributed by atoms with Crippen LogP contribution in [0.4, 0.5) is 18.9 Å². The predicted molar refractivity (Wildman–Crippen MR) is 101 cm³/mol. The minimum atomic E-state index is -4.53. The van der Waals surface area contributed by atoms with Crippen LogP contribution >= 0.6 is 0 Å². The average molecular weight is 419 g/mol. The summed E-state index contributed by atoms with van der Waals surface area (Å²) in [4.78, 5) is -0.169. The van der Waals surface area contributed by atoms with Crippen LogP contribution in [-0.2, 0) is 16.2 Å². The number of alkyl halides is 3. The Morgan fingerprint density at radius 2 is 1.72 bits per heavy atom. The standard InChI is InChI=1S/C20H16F3N3O2S/c21-20(22,23)13-7-9-14(10-8-13)29(27,28)26-17-4-2-1-3-15(17)18-16(11-24-25-18)19(26)12-5-6-12/h1-4,7-12,19H,5-6H2,(H,24,25)/t19-/m1/s1. The topological polar surface area (TPSA) is 66.1 Å². The molecular formula is C20H16F3N3O2S. The first-order valence-corrected chi connectivity index (χ1v) is 10.6. The quantitative estimate of drug-likeness (QED) is 0.666. The molecule has 1 aliphatic carbocycles. The third kappa shape index (κ3) is 2.83. The first-order valence-electron chi connectivity index (χ1n) is 9.13. The van der Waals surface area contributed by atoms with E-state index in [0.29, 0.717) is 11.3 Å². The van der Waals surface area contributed by atoms with E-state index in [2.05, 4.69) is 10.2 Å². The van der Waals surface area contributed by atoms with Gasteiger partial charge < -0.3 is 0 Å². The summed E-state index contributed by atoms with van der Waals surface area (Å²) < 4.78 is 67.3. The summed E-state index contributed by atoms with van der Waals surface area (Å²) in [5.74, 6) is 0.143. The Labute approximate surface area is 165 Å². The minimum Gasteiger partial charge on any atom is -0.277 e. The molecule has 5 nitrogen and oxygen atoms in total. The van der Waals surface area contributed by atoms with Crippen molar-refractivity contribution in [3.05, 3.63) is 65.9 Å². The second-order valence-electron chi connectivity index (χ2n) is 7.32. The predicted octanol–water partition coefficient (Wildman–Crippen LogP) is 4.76. The van der Waals surface area contributed by atoms with Crippen molar-refractivity contribution in [1.29, 1.82) is 0 Å². The number of H-pyrrole nitrogens is 1. The molecule has 0 amide bonds. The molecule has 1 saturated carbocycles. The Morgan fingerprint density at radius 1 is 1.03 bits per heavy atom. The lowest BCUT2D eigenvalue weighted by Crippen LogP contribution is -2.38. The van der Waals surface area contributed by atoms with Gasteiger partial charge in [-0.1, -0.05) is 18.2 Å². The number of aromatic amines is 1. The van der Waals surface area contributed by atoms with Gasteiger partial charge in [-0.05, 0) is 49.1 Å². The van der Waals surface area contributed by atoms with Crippen LogP contribution in [0.1, 0.15) is 30.0 Å². The molecule has 1 aromatic heterocycles. The number of benzene rings is 2. The molecule has 1 atom stereocenters. The van der Waals surface area contributed by atoms with E-state index >= 15 is 0 Å². The molecule has 150 valence electrons. The Balaban J connectivity index is 1.67. The van der Waals surface area contributed by atoms with E-state index in [1.54, 1.807) is 18.3 Å². The maximum Gasteiger partial charge on any atom is 0.416 e. The second kappa shape index (κ2) is 6.09. The number of aromatic nitrogens is 2. The third-order valence-corrected chi connectivity index (χ3v) is 7.27. The molecular weight excluding hydrogens is 403 g/mol. The number of anilines is 1. The summed E-state index contributed by atoms with van der Waals surface area (Å²) in [6.45, 7) is 0. The maximum absolute atomic E-state index is 13.6. The van der Waals surface area contributed by atoms with E-state index in [9.17, 15) is 21.6 Å². The van der Waals surface area contributed by atoms with Crippen LogP contribution in [0.2, 0.25) is 0 Å². The number of nitrogens with zero attached hydrogens (tertiary/aromatic N) is 2. The molecule has 0 unspecified atom stereocenters. The fraction of sp³-hybridized carbons (Fsp3) is 0.250. The van der Waals surface area contributed by atoms with E-state index in [0.717, 1.165) is 48.4 Å². The summed E-state index contributed by atoms with van der Waals surface area (Å²) >= 11 is 0. The van der Waals surface area contributed by atoms with Crippen molar-refractivity contribution >= 4 is 15.7 Å². The van der Waals surface area contributed by atoms with Gasteiger partial charge >= 0.3 is 6.18 Å². The summed E-state index contributed by atoms with van der Waals surface area (Å²) in [5.41, 5.74) is 1.90. The van der Waals surface area contributed by atoms with Gasteiger partial charge in [0.1, 0.15) is 0 Å². The van der Waals surface area contributed by atoms with Gasteiger partial charge in [-0.25, -0.2) is 8.42 Å². The molecule has 1 aliphatic heterocycles. The first kappa shape index (κ1) is 18.2. The first-order chi connectivity index (χ1) is 13.8. The van der Waals surface area contributed by atoms with E-state index in [4.69, 9.17) is 0 Å². The number of nitrogens with one attached hydrogen (secondary N) is 1. The van der Waals surface area contributed by atoms with E-state index in [1.165, 1.54) is 4.31 Å². The van der Waals surface area contributed by atoms with Gasteiger partial charge in [0.05, 0.1) is 34.1 Å². The van der Waals surface area contributed by atoms with Gasteiger partial charge in [-0.15, -0.1) is 0 Å². The van der Waals surface area contributed by atoms with Gasteiger partial charge in [-0.2, -0.15) is 18.3 Å². The van der Waals surface area contributed by atoms with Crippen molar-refractivity contribution < 1.29 is 21.6 Å². The number of rotatable bonds is 3. The molecule has 9 heteroatoms. The van der Waals surface area contributed by atoms with Crippen LogP contribution in [0.25, 0.3) is 11.3 Å². The summed E-state index contributed by atoms with van der Waals surface area (Å²) in [6, 6.07) is 10.3. The molecule has 1 N–H and O–H groups in total. The highest BCUT2D eigenvalue weighted by Crippen LogP contribution is 2.54. The van der Waals surface area contributed by atoms with Crippen LogP contribution in [0.15, 0.2) is 59.6 Å². The van der Waals surface area contributed by atoms with Gasteiger partial charge in [0.15, 0.2) is 0 Å². The molecule has 0 saturated heterocycles. The van der Waals surface area contributed by atoms with Crippen molar-refractivity contribution in [3.63, 3.8) is 0 Å². The fourth-order valence-corrected chi connectivity index (χ4v) is 5.66. The summed E-state index contributed by atoms with van der Waals surface area (Å²) in [6.07, 6.45) is -1.11. The van der Waals surface area contributed by atoms with E-state index < -0.39 is 27.8 Å². The second-order valence-corrected chi connectivity index (χ2v) is 9.14. The van der Waals surface area contributed by atoms with Gasteiger partial charge in [-0.3, -0.25) is 9.40 Å².